The predicted molar refractivity (Wildman–Crippen MR) is 181 cm³/mol. The molecule has 2 aromatic heterocycles. The van der Waals surface area contributed by atoms with Gasteiger partial charge in [-0.15, -0.1) is 0 Å². The van der Waals surface area contributed by atoms with Gasteiger partial charge in [-0.1, -0.05) is 42.5 Å². The number of aromatic nitrogens is 3. The Labute approximate surface area is 253 Å². The van der Waals surface area contributed by atoms with Crippen LogP contribution >= 0.6 is 0 Å². The van der Waals surface area contributed by atoms with Gasteiger partial charge >= 0.3 is 207 Å². The number of benzene rings is 7. The number of fused-ring (bicyclic) bond motifs is 9. The van der Waals surface area contributed by atoms with Crippen molar-refractivity contribution in [1.82, 2.24) is 15.0 Å². The first-order valence-electron chi connectivity index (χ1n) is 14.4. The van der Waals surface area contributed by atoms with Crippen molar-refractivity contribution in [2.75, 3.05) is 0 Å². The molecule has 0 spiro atoms. The summed E-state index contributed by atoms with van der Waals surface area (Å²) in [7, 11) is 0. The molecule has 0 radical (unpaired) electrons. The van der Waals surface area contributed by atoms with Crippen LogP contribution in [0.1, 0.15) is 0 Å². The topological polar surface area (TPSA) is 38.7 Å². The number of nitrogens with zero attached hydrogens (tertiary/aromatic N) is 3. The van der Waals surface area contributed by atoms with Crippen LogP contribution in [-0.4, -0.2) is 29.5 Å². The Kier molecular flexibility index (Phi) is 5.52. The molecule has 0 N–H and O–H groups in total. The molecule has 0 amide bonds. The zero-order valence-electron chi connectivity index (χ0n) is 23.0. The van der Waals surface area contributed by atoms with E-state index >= 15 is 0 Å². The third-order valence-electron chi connectivity index (χ3n) is 8.30. The van der Waals surface area contributed by atoms with E-state index in [2.05, 4.69) is 121 Å². The van der Waals surface area contributed by atoms with Crippen LogP contribution < -0.4 is 0 Å². The Balaban J connectivity index is 1.29. The summed E-state index contributed by atoms with van der Waals surface area (Å²) in [5.41, 5.74) is 2.95. The van der Waals surface area contributed by atoms with Crippen LogP contribution in [0, 0.1) is 0 Å². The molecule has 0 saturated heterocycles. The molecule has 0 unspecified atom stereocenters. The van der Waals surface area contributed by atoms with Gasteiger partial charge in [0.2, 0.25) is 0 Å². The first-order chi connectivity index (χ1) is 21.3. The van der Waals surface area contributed by atoms with E-state index in [9.17, 15) is 0 Å². The maximum atomic E-state index is 5.11. The number of hydrogen-bond donors (Lipinski definition) is 0. The summed E-state index contributed by atoms with van der Waals surface area (Å²) in [6, 6.07) is 49.5. The fourth-order valence-corrected chi connectivity index (χ4v) is 8.54. The average molecular weight is 613 g/mol. The van der Waals surface area contributed by atoms with Gasteiger partial charge in [-0.2, -0.15) is 0 Å². The zero-order chi connectivity index (χ0) is 28.3. The SMILES string of the molecule is c1ccc(-c2nc(-c3ccc4[se]c5ccccc5c4c3)nc(-c3ccc4c5ccccc5c5ccccc5c4c3)n2)cc1. The normalized spacial score (nSPS) is 11.7. The second-order valence-corrected chi connectivity index (χ2v) is 13.1. The van der Waals surface area contributed by atoms with E-state index in [1.807, 2.05) is 18.2 Å². The van der Waals surface area contributed by atoms with E-state index in [0.29, 0.717) is 32.0 Å². The Hall–Kier alpha value is -5.15. The second-order valence-electron chi connectivity index (χ2n) is 10.8. The molecule has 0 aliphatic heterocycles. The van der Waals surface area contributed by atoms with Gasteiger partial charge in [0.1, 0.15) is 0 Å². The van der Waals surface area contributed by atoms with Crippen LogP contribution in [0.4, 0.5) is 0 Å². The molecule has 2 heterocycles. The standard InChI is InChI=1S/C39H23N3Se/c1-2-10-24(11-3-1)37-40-38(42-39(41-37)26-19-21-36-34(23-26)32-16-8-9-17-35(32)43-36)25-18-20-31-29-14-5-4-12-27(29)28-13-6-7-15-30(28)33(31)22-25/h1-23H. The summed E-state index contributed by atoms with van der Waals surface area (Å²) in [4.78, 5) is 15.2. The second kappa shape index (κ2) is 9.71. The molecule has 0 fully saturated rings. The van der Waals surface area contributed by atoms with E-state index in [0.717, 1.165) is 16.7 Å². The van der Waals surface area contributed by atoms with Crippen molar-refractivity contribution in [1.29, 1.82) is 0 Å². The van der Waals surface area contributed by atoms with E-state index in [-0.39, 0.29) is 0 Å². The fraction of sp³-hybridized carbons (Fsp3) is 0. The van der Waals surface area contributed by atoms with Crippen molar-refractivity contribution in [3.05, 3.63) is 140 Å². The molecule has 0 atom stereocenters. The van der Waals surface area contributed by atoms with Crippen molar-refractivity contribution in [3.8, 4) is 34.2 Å². The quantitative estimate of drug-likeness (QED) is 0.147. The van der Waals surface area contributed by atoms with Gasteiger partial charge in [-0.05, 0) is 5.39 Å². The van der Waals surface area contributed by atoms with Gasteiger partial charge in [-0.3, -0.25) is 0 Å². The molecule has 3 nitrogen and oxygen atoms in total. The Bertz CT molecular complexity index is 2480. The first kappa shape index (κ1) is 24.4. The molecule has 0 saturated carbocycles. The van der Waals surface area contributed by atoms with Crippen LogP contribution in [0.3, 0.4) is 0 Å². The number of hydrogen-bond acceptors (Lipinski definition) is 3. The third kappa shape index (κ3) is 3.99. The Morgan fingerprint density at radius 3 is 1.40 bits per heavy atom. The van der Waals surface area contributed by atoms with Gasteiger partial charge in [0.05, 0.1) is 0 Å². The molecule has 43 heavy (non-hydrogen) atoms. The van der Waals surface area contributed by atoms with E-state index in [1.165, 1.54) is 51.6 Å². The molecule has 0 aliphatic rings. The van der Waals surface area contributed by atoms with Crippen molar-refractivity contribution in [3.63, 3.8) is 0 Å². The zero-order valence-corrected chi connectivity index (χ0v) is 24.7. The van der Waals surface area contributed by atoms with Crippen molar-refractivity contribution >= 4 is 66.1 Å². The maximum absolute atomic E-state index is 5.11. The van der Waals surface area contributed by atoms with Crippen LogP contribution in [0.15, 0.2) is 140 Å². The minimum atomic E-state index is 0.321. The molecule has 0 bridgehead atoms. The van der Waals surface area contributed by atoms with Gasteiger partial charge < -0.3 is 0 Å². The molecule has 9 rings (SSSR count). The predicted octanol–water partition coefficient (Wildman–Crippen LogP) is 9.70. The number of rotatable bonds is 3. The van der Waals surface area contributed by atoms with E-state index < -0.39 is 0 Å². The van der Waals surface area contributed by atoms with Crippen molar-refractivity contribution in [2.45, 2.75) is 0 Å². The molecule has 200 valence electrons. The Morgan fingerprint density at radius 1 is 0.302 bits per heavy atom. The van der Waals surface area contributed by atoms with Crippen molar-refractivity contribution < 1.29 is 0 Å². The third-order valence-corrected chi connectivity index (χ3v) is 10.7. The summed E-state index contributed by atoms with van der Waals surface area (Å²) >= 11 is 0.321. The van der Waals surface area contributed by atoms with Gasteiger partial charge in [0.25, 0.3) is 0 Å². The molecular formula is C39H23N3Se. The molecule has 9 aromatic rings. The minimum absolute atomic E-state index is 0.321. The summed E-state index contributed by atoms with van der Waals surface area (Å²) in [6.45, 7) is 0. The first-order valence-corrected chi connectivity index (χ1v) is 16.1. The van der Waals surface area contributed by atoms with E-state index in [4.69, 9.17) is 15.0 Å². The summed E-state index contributed by atoms with van der Waals surface area (Å²) in [6.07, 6.45) is 0. The fourth-order valence-electron chi connectivity index (χ4n) is 6.26. The van der Waals surface area contributed by atoms with Crippen LogP contribution in [0.5, 0.6) is 0 Å². The van der Waals surface area contributed by atoms with Crippen molar-refractivity contribution in [2.24, 2.45) is 0 Å². The van der Waals surface area contributed by atoms with Gasteiger partial charge in [-0.25, -0.2) is 0 Å². The van der Waals surface area contributed by atoms with Crippen LogP contribution in [-0.2, 0) is 0 Å². The molecule has 4 heteroatoms. The summed E-state index contributed by atoms with van der Waals surface area (Å²) in [5, 5.41) is 10.1. The Morgan fingerprint density at radius 2 is 0.744 bits per heavy atom. The van der Waals surface area contributed by atoms with Crippen LogP contribution in [0.25, 0.3) is 85.8 Å². The molecular weight excluding hydrogens is 589 g/mol. The summed E-state index contributed by atoms with van der Waals surface area (Å²) in [5.74, 6) is 2.04. The molecule has 0 aliphatic carbocycles. The monoisotopic (exact) mass is 613 g/mol. The van der Waals surface area contributed by atoms with Crippen LogP contribution in [0.2, 0.25) is 0 Å². The van der Waals surface area contributed by atoms with Gasteiger partial charge in [0.15, 0.2) is 0 Å². The summed E-state index contributed by atoms with van der Waals surface area (Å²) < 4.78 is 2.84. The molecule has 7 aromatic carbocycles. The average Bonchev–Trinajstić information content (AvgIpc) is 3.46. The van der Waals surface area contributed by atoms with E-state index in [1.54, 1.807) is 0 Å². The van der Waals surface area contributed by atoms with Gasteiger partial charge in [0, 0.05) is 0 Å².